The van der Waals surface area contributed by atoms with E-state index in [1.165, 1.54) is 18.3 Å². The van der Waals surface area contributed by atoms with Gasteiger partial charge in [-0.2, -0.15) is 18.3 Å². The first-order valence-electron chi connectivity index (χ1n) is 9.89. The Morgan fingerprint density at radius 3 is 2.68 bits per heavy atom. The van der Waals surface area contributed by atoms with Gasteiger partial charge in [-0.3, -0.25) is 9.89 Å². The van der Waals surface area contributed by atoms with Gasteiger partial charge in [-0.25, -0.2) is 9.78 Å². The zero-order valence-electron chi connectivity index (χ0n) is 17.1. The Bertz CT molecular complexity index is 1610. The number of pyridine rings is 1. The molecule has 2 aromatic carbocycles. The number of hydrogen-bond donors (Lipinski definition) is 3. The smallest absolute Gasteiger partial charge is 0.417 e. The van der Waals surface area contributed by atoms with Gasteiger partial charge in [0.1, 0.15) is 11.4 Å². The fourth-order valence-electron chi connectivity index (χ4n) is 3.51. The summed E-state index contributed by atoms with van der Waals surface area (Å²) < 4.78 is 44.7. The van der Waals surface area contributed by atoms with Gasteiger partial charge in [0.2, 0.25) is 0 Å². The van der Waals surface area contributed by atoms with E-state index in [4.69, 9.17) is 4.42 Å². The zero-order chi connectivity index (χ0) is 23.9. The second kappa shape index (κ2) is 8.03. The van der Waals surface area contributed by atoms with E-state index in [2.05, 4.69) is 25.8 Å². The molecule has 1 amide bonds. The van der Waals surface area contributed by atoms with Crippen LogP contribution in [0.5, 0.6) is 0 Å². The van der Waals surface area contributed by atoms with Crippen molar-refractivity contribution in [2.24, 2.45) is 0 Å². The number of carbonyl (C=O) groups is 1. The quantitative estimate of drug-likeness (QED) is 0.319. The topological polar surface area (TPSA) is 113 Å². The average molecular weight is 465 g/mol. The maximum absolute atomic E-state index is 13.3. The highest BCUT2D eigenvalue weighted by Gasteiger charge is 2.33. The van der Waals surface area contributed by atoms with Gasteiger partial charge in [-0.05, 0) is 42.5 Å². The third-order valence-corrected chi connectivity index (χ3v) is 5.06. The van der Waals surface area contributed by atoms with Crippen molar-refractivity contribution in [2.45, 2.75) is 6.18 Å². The fraction of sp³-hybridized carbons (Fsp3) is 0.0435. The first-order valence-corrected chi connectivity index (χ1v) is 9.89. The Kier molecular flexibility index (Phi) is 5.01. The molecule has 0 aliphatic heterocycles. The molecular weight excluding hydrogens is 451 g/mol. The van der Waals surface area contributed by atoms with Crippen molar-refractivity contribution >= 4 is 45.0 Å². The molecular formula is C23H14F3N5O3. The maximum atomic E-state index is 13.3. The van der Waals surface area contributed by atoms with E-state index in [0.29, 0.717) is 11.8 Å². The van der Waals surface area contributed by atoms with E-state index in [9.17, 15) is 22.8 Å². The number of aromatic nitrogens is 3. The van der Waals surface area contributed by atoms with Gasteiger partial charge in [0.05, 0.1) is 22.8 Å². The Hall–Kier alpha value is -4.67. The number of halogens is 3. The largest absolute Gasteiger partial charge is 0.423 e. The van der Waals surface area contributed by atoms with Crippen LogP contribution in [0.25, 0.3) is 21.9 Å². The average Bonchev–Trinajstić information content (AvgIpc) is 3.26. The number of aromatic amines is 1. The number of nitrogens with zero attached hydrogens (tertiary/aromatic N) is 2. The number of amides is 1. The molecule has 5 rings (SSSR count). The molecule has 34 heavy (non-hydrogen) atoms. The molecule has 0 saturated heterocycles. The monoisotopic (exact) mass is 465 g/mol. The van der Waals surface area contributed by atoms with E-state index in [-0.39, 0.29) is 28.0 Å². The highest BCUT2D eigenvalue weighted by molar-refractivity contribution is 6.08. The van der Waals surface area contributed by atoms with Crippen LogP contribution >= 0.6 is 0 Å². The van der Waals surface area contributed by atoms with Gasteiger partial charge < -0.3 is 15.1 Å². The lowest BCUT2D eigenvalue weighted by Crippen LogP contribution is -2.15. The fourth-order valence-corrected chi connectivity index (χ4v) is 3.51. The first kappa shape index (κ1) is 21.2. The first-order chi connectivity index (χ1) is 16.3. The summed E-state index contributed by atoms with van der Waals surface area (Å²) in [5, 5.41) is 13.1. The van der Waals surface area contributed by atoms with Crippen molar-refractivity contribution in [3.8, 4) is 0 Å². The molecule has 170 valence electrons. The summed E-state index contributed by atoms with van der Waals surface area (Å²) in [6.45, 7) is 0. The molecule has 3 aromatic heterocycles. The number of fused-ring (bicyclic) bond motifs is 2. The number of H-pyrrole nitrogens is 1. The lowest BCUT2D eigenvalue weighted by atomic mass is 10.1. The third kappa shape index (κ3) is 4.06. The zero-order valence-corrected chi connectivity index (χ0v) is 17.1. The minimum atomic E-state index is -4.73. The van der Waals surface area contributed by atoms with E-state index in [1.807, 2.05) is 12.1 Å². The lowest BCUT2D eigenvalue weighted by molar-refractivity contribution is -0.136. The molecule has 0 atom stereocenters. The minimum absolute atomic E-state index is 0.147. The number of rotatable bonds is 4. The van der Waals surface area contributed by atoms with Gasteiger partial charge in [0.25, 0.3) is 5.91 Å². The molecule has 0 unspecified atom stereocenters. The molecule has 8 nitrogen and oxygen atoms in total. The number of hydrogen-bond acceptors (Lipinski definition) is 6. The number of benzene rings is 2. The Labute approximate surface area is 188 Å². The predicted molar refractivity (Wildman–Crippen MR) is 119 cm³/mol. The lowest BCUT2D eigenvalue weighted by Gasteiger charge is -2.12. The van der Waals surface area contributed by atoms with Crippen molar-refractivity contribution in [1.29, 1.82) is 0 Å². The molecule has 3 heterocycles. The van der Waals surface area contributed by atoms with Crippen molar-refractivity contribution in [3.63, 3.8) is 0 Å². The van der Waals surface area contributed by atoms with Gasteiger partial charge in [0.15, 0.2) is 0 Å². The molecule has 0 aliphatic carbocycles. The van der Waals surface area contributed by atoms with Crippen LogP contribution in [0.3, 0.4) is 0 Å². The normalized spacial score (nSPS) is 11.6. The van der Waals surface area contributed by atoms with Crippen LogP contribution in [0.1, 0.15) is 15.9 Å². The number of nitrogens with one attached hydrogen (secondary N) is 3. The Morgan fingerprint density at radius 1 is 1.03 bits per heavy atom. The summed E-state index contributed by atoms with van der Waals surface area (Å²) in [6.07, 6.45) is -1.53. The summed E-state index contributed by atoms with van der Waals surface area (Å²) in [7, 11) is 0. The second-order valence-electron chi connectivity index (χ2n) is 7.34. The highest BCUT2D eigenvalue weighted by atomic mass is 19.4. The predicted octanol–water partition coefficient (Wildman–Crippen LogP) is 5.08. The summed E-state index contributed by atoms with van der Waals surface area (Å²) in [5.41, 5.74) is -0.748. The van der Waals surface area contributed by atoms with Crippen molar-refractivity contribution in [2.75, 3.05) is 10.6 Å². The van der Waals surface area contributed by atoms with Crippen LogP contribution in [0.2, 0.25) is 0 Å². The van der Waals surface area contributed by atoms with Crippen LogP contribution in [-0.4, -0.2) is 21.1 Å². The SMILES string of the molecule is O=C(Nc1ccc2c(C(F)(F)F)cc(=O)oc2c1)c1cccnc1Nc1ccc2cn[nH]c2c1. The third-order valence-electron chi connectivity index (χ3n) is 5.06. The molecule has 5 aromatic rings. The van der Waals surface area contributed by atoms with E-state index >= 15 is 0 Å². The molecule has 0 fully saturated rings. The van der Waals surface area contributed by atoms with E-state index in [0.717, 1.165) is 17.0 Å². The molecule has 3 N–H and O–H groups in total. The highest BCUT2D eigenvalue weighted by Crippen LogP contribution is 2.34. The van der Waals surface area contributed by atoms with E-state index < -0.39 is 23.3 Å². The van der Waals surface area contributed by atoms with Crippen LogP contribution in [-0.2, 0) is 6.18 Å². The molecule has 0 spiro atoms. The van der Waals surface area contributed by atoms with Gasteiger partial charge in [-0.15, -0.1) is 0 Å². The number of alkyl halides is 3. The van der Waals surface area contributed by atoms with E-state index in [1.54, 1.807) is 24.4 Å². The van der Waals surface area contributed by atoms with Crippen LogP contribution < -0.4 is 16.3 Å². The minimum Gasteiger partial charge on any atom is -0.423 e. The van der Waals surface area contributed by atoms with Crippen molar-refractivity contribution in [1.82, 2.24) is 15.2 Å². The second-order valence-corrected chi connectivity index (χ2v) is 7.34. The van der Waals surface area contributed by atoms with Crippen LogP contribution in [0.4, 0.5) is 30.4 Å². The van der Waals surface area contributed by atoms with Gasteiger partial charge >= 0.3 is 11.8 Å². The van der Waals surface area contributed by atoms with Gasteiger partial charge in [-0.1, -0.05) is 0 Å². The summed E-state index contributed by atoms with van der Waals surface area (Å²) in [4.78, 5) is 28.8. The standard InChI is InChI=1S/C23H14F3N5O3/c24-23(25,26)17-10-20(32)34-19-9-14(5-6-15(17)19)30-22(33)16-2-1-7-27-21(16)29-13-4-3-12-11-28-31-18(12)8-13/h1-11H,(H,27,29)(H,28,31)(H,30,33). The molecule has 0 aliphatic rings. The van der Waals surface area contributed by atoms with Crippen molar-refractivity contribution in [3.05, 3.63) is 88.5 Å². The Balaban J connectivity index is 1.44. The molecule has 0 radical (unpaired) electrons. The van der Waals surface area contributed by atoms with Crippen LogP contribution in [0, 0.1) is 0 Å². The number of carbonyl (C=O) groups excluding carboxylic acids is 1. The summed E-state index contributed by atoms with van der Waals surface area (Å²) in [6, 6.07) is 12.6. The van der Waals surface area contributed by atoms with Crippen LogP contribution in [0.15, 0.2) is 76.2 Å². The number of anilines is 3. The Morgan fingerprint density at radius 2 is 1.85 bits per heavy atom. The maximum Gasteiger partial charge on any atom is 0.417 e. The summed E-state index contributed by atoms with van der Waals surface area (Å²) >= 11 is 0. The molecule has 11 heteroatoms. The molecule has 0 saturated carbocycles. The van der Waals surface area contributed by atoms with Crippen molar-refractivity contribution < 1.29 is 22.4 Å². The van der Waals surface area contributed by atoms with Gasteiger partial charge in [0, 0.05) is 40.5 Å². The molecule has 0 bridgehead atoms. The summed E-state index contributed by atoms with van der Waals surface area (Å²) in [5.74, 6) is -0.294.